The van der Waals surface area contributed by atoms with Crippen LogP contribution in [0.2, 0.25) is 0 Å². The van der Waals surface area contributed by atoms with Gasteiger partial charge in [-0.25, -0.2) is 8.78 Å². The van der Waals surface area contributed by atoms with E-state index in [0.29, 0.717) is 29.8 Å². The first-order chi connectivity index (χ1) is 13.4. The molecule has 4 N–H and O–H groups in total. The van der Waals surface area contributed by atoms with Gasteiger partial charge < -0.3 is 21.1 Å². The Hall–Kier alpha value is -3.00. The predicted octanol–water partition coefficient (Wildman–Crippen LogP) is 1.70. The van der Waals surface area contributed by atoms with E-state index >= 15 is 0 Å². The number of benzene rings is 2. The largest absolute Gasteiger partial charge is 0.484 e. The van der Waals surface area contributed by atoms with E-state index in [4.69, 9.17) is 10.5 Å². The number of hydrogen-bond acceptors (Lipinski definition) is 4. The Kier molecular flexibility index (Phi) is 6.20. The van der Waals surface area contributed by atoms with Crippen molar-refractivity contribution in [1.29, 1.82) is 0 Å². The molecule has 2 atom stereocenters. The Balaban J connectivity index is 1.68. The van der Waals surface area contributed by atoms with E-state index in [1.807, 2.05) is 0 Å². The Morgan fingerprint density at radius 2 is 1.89 bits per heavy atom. The lowest BCUT2D eigenvalue weighted by molar-refractivity contribution is -0.119. The number of ether oxygens (including phenoxy) is 1. The number of primary amides is 1. The standard InChI is InChI=1S/C20H21F2N3O3/c21-16-6-3-13(9-17(16)22)15-7-8-24-10-18(15)25-20(27)12-1-4-14(5-2-12)28-11-19(23)26/h1-6,9,15,18,24H,7-8,10-11H2,(H2,23,26)(H,25,27). The zero-order chi connectivity index (χ0) is 20.1. The lowest BCUT2D eigenvalue weighted by atomic mass is 9.85. The van der Waals surface area contributed by atoms with Crippen molar-refractivity contribution < 1.29 is 23.1 Å². The average Bonchev–Trinajstić information content (AvgIpc) is 2.69. The lowest BCUT2D eigenvalue weighted by Gasteiger charge is -2.33. The molecule has 148 valence electrons. The van der Waals surface area contributed by atoms with Gasteiger partial charge in [0, 0.05) is 24.1 Å². The first kappa shape index (κ1) is 19.8. The van der Waals surface area contributed by atoms with Gasteiger partial charge in [0.05, 0.1) is 0 Å². The van der Waals surface area contributed by atoms with Crippen LogP contribution in [0, 0.1) is 11.6 Å². The highest BCUT2D eigenvalue weighted by atomic mass is 19.2. The highest BCUT2D eigenvalue weighted by molar-refractivity contribution is 5.94. The molecule has 6 nitrogen and oxygen atoms in total. The zero-order valence-corrected chi connectivity index (χ0v) is 15.1. The summed E-state index contributed by atoms with van der Waals surface area (Å²) in [4.78, 5) is 23.3. The second kappa shape index (κ2) is 8.79. The van der Waals surface area contributed by atoms with Crippen molar-refractivity contribution in [1.82, 2.24) is 10.6 Å². The molecule has 28 heavy (non-hydrogen) atoms. The van der Waals surface area contributed by atoms with Crippen molar-refractivity contribution in [2.45, 2.75) is 18.4 Å². The fourth-order valence-corrected chi connectivity index (χ4v) is 3.26. The monoisotopic (exact) mass is 389 g/mol. The Morgan fingerprint density at radius 1 is 1.14 bits per heavy atom. The molecule has 3 rings (SSSR count). The summed E-state index contributed by atoms with van der Waals surface area (Å²) in [7, 11) is 0. The van der Waals surface area contributed by atoms with Gasteiger partial charge >= 0.3 is 0 Å². The zero-order valence-electron chi connectivity index (χ0n) is 15.1. The van der Waals surface area contributed by atoms with Crippen LogP contribution in [-0.4, -0.2) is 37.6 Å². The van der Waals surface area contributed by atoms with E-state index in [2.05, 4.69) is 10.6 Å². The van der Waals surface area contributed by atoms with Crippen molar-refractivity contribution in [3.63, 3.8) is 0 Å². The lowest BCUT2D eigenvalue weighted by Crippen LogP contribution is -2.50. The van der Waals surface area contributed by atoms with Gasteiger partial charge in [-0.05, 0) is 54.9 Å². The highest BCUT2D eigenvalue weighted by Crippen LogP contribution is 2.27. The highest BCUT2D eigenvalue weighted by Gasteiger charge is 2.28. The third-order valence-corrected chi connectivity index (χ3v) is 4.67. The summed E-state index contributed by atoms with van der Waals surface area (Å²) in [6, 6.07) is 9.89. The molecule has 8 heteroatoms. The molecule has 2 aromatic rings. The third kappa shape index (κ3) is 4.83. The van der Waals surface area contributed by atoms with Crippen LogP contribution in [0.3, 0.4) is 0 Å². The van der Waals surface area contributed by atoms with Crippen molar-refractivity contribution in [2.75, 3.05) is 19.7 Å². The third-order valence-electron chi connectivity index (χ3n) is 4.67. The van der Waals surface area contributed by atoms with Crippen LogP contribution in [0.4, 0.5) is 8.78 Å². The minimum absolute atomic E-state index is 0.126. The van der Waals surface area contributed by atoms with Crippen LogP contribution in [0.5, 0.6) is 5.75 Å². The smallest absolute Gasteiger partial charge is 0.255 e. The number of nitrogens with one attached hydrogen (secondary N) is 2. The van der Waals surface area contributed by atoms with Crippen LogP contribution in [-0.2, 0) is 4.79 Å². The molecular weight excluding hydrogens is 368 g/mol. The summed E-state index contributed by atoms with van der Waals surface area (Å²) in [5.74, 6) is -2.37. The molecule has 0 bridgehead atoms. The van der Waals surface area contributed by atoms with Gasteiger partial charge in [0.1, 0.15) is 5.75 Å². The van der Waals surface area contributed by atoms with E-state index < -0.39 is 17.5 Å². The first-order valence-corrected chi connectivity index (χ1v) is 8.91. The molecule has 1 aliphatic heterocycles. The molecule has 0 aliphatic carbocycles. The van der Waals surface area contributed by atoms with E-state index in [9.17, 15) is 18.4 Å². The number of nitrogens with two attached hydrogens (primary N) is 1. The molecule has 2 unspecified atom stereocenters. The number of piperidine rings is 1. The summed E-state index contributed by atoms with van der Waals surface area (Å²) in [6.07, 6.45) is 0.690. The van der Waals surface area contributed by atoms with Gasteiger partial charge in [-0.15, -0.1) is 0 Å². The number of carbonyl (C=O) groups is 2. The molecule has 1 saturated heterocycles. The summed E-state index contributed by atoms with van der Waals surface area (Å²) in [6.45, 7) is 1.01. The summed E-state index contributed by atoms with van der Waals surface area (Å²) >= 11 is 0. The van der Waals surface area contributed by atoms with Crippen molar-refractivity contribution in [3.8, 4) is 5.75 Å². The Bertz CT molecular complexity index is 858. The van der Waals surface area contributed by atoms with E-state index in [1.54, 1.807) is 30.3 Å². The summed E-state index contributed by atoms with van der Waals surface area (Å²) in [5, 5.41) is 6.16. The quantitative estimate of drug-likeness (QED) is 0.701. The number of halogens is 2. The topological polar surface area (TPSA) is 93.5 Å². The Morgan fingerprint density at radius 3 is 2.57 bits per heavy atom. The van der Waals surface area contributed by atoms with Gasteiger partial charge in [0.2, 0.25) is 0 Å². The molecule has 0 aromatic heterocycles. The maximum atomic E-state index is 13.6. The number of amides is 2. The van der Waals surface area contributed by atoms with Crippen molar-refractivity contribution in [2.24, 2.45) is 5.73 Å². The van der Waals surface area contributed by atoms with Crippen LogP contribution >= 0.6 is 0 Å². The van der Waals surface area contributed by atoms with Crippen molar-refractivity contribution >= 4 is 11.8 Å². The molecular formula is C20H21F2N3O3. The minimum atomic E-state index is -0.896. The Labute approximate surface area is 161 Å². The van der Waals surface area contributed by atoms with E-state index in [0.717, 1.165) is 12.6 Å². The van der Waals surface area contributed by atoms with Gasteiger partial charge in [0.25, 0.3) is 11.8 Å². The molecule has 1 heterocycles. The maximum absolute atomic E-state index is 13.6. The molecule has 0 saturated carbocycles. The minimum Gasteiger partial charge on any atom is -0.484 e. The van der Waals surface area contributed by atoms with Crippen LogP contribution in [0.25, 0.3) is 0 Å². The second-order valence-electron chi connectivity index (χ2n) is 6.63. The van der Waals surface area contributed by atoms with Crippen molar-refractivity contribution in [3.05, 3.63) is 65.2 Å². The summed E-state index contributed by atoms with van der Waals surface area (Å²) < 4.78 is 32.0. The normalized spacial score (nSPS) is 19.1. The van der Waals surface area contributed by atoms with Gasteiger partial charge in [-0.2, -0.15) is 0 Å². The molecule has 2 aromatic carbocycles. The van der Waals surface area contributed by atoms with Gasteiger partial charge in [0.15, 0.2) is 18.2 Å². The summed E-state index contributed by atoms with van der Waals surface area (Å²) in [5.41, 5.74) is 6.09. The number of carbonyl (C=O) groups excluding carboxylic acids is 2. The fraction of sp³-hybridized carbons (Fsp3) is 0.300. The molecule has 1 aliphatic rings. The molecule has 0 radical (unpaired) electrons. The van der Waals surface area contributed by atoms with Gasteiger partial charge in [-0.1, -0.05) is 6.07 Å². The predicted molar refractivity (Wildman–Crippen MR) is 99.0 cm³/mol. The SMILES string of the molecule is NC(=O)COc1ccc(C(=O)NC2CNCCC2c2ccc(F)c(F)c2)cc1. The van der Waals surface area contributed by atoms with E-state index in [-0.39, 0.29) is 24.5 Å². The molecule has 0 spiro atoms. The average molecular weight is 389 g/mol. The first-order valence-electron chi connectivity index (χ1n) is 8.91. The maximum Gasteiger partial charge on any atom is 0.255 e. The van der Waals surface area contributed by atoms with Gasteiger partial charge in [-0.3, -0.25) is 9.59 Å². The van der Waals surface area contributed by atoms with Crippen LogP contribution in [0.1, 0.15) is 28.3 Å². The van der Waals surface area contributed by atoms with Crippen LogP contribution in [0.15, 0.2) is 42.5 Å². The fourth-order valence-electron chi connectivity index (χ4n) is 3.26. The number of hydrogen-bond donors (Lipinski definition) is 3. The van der Waals surface area contributed by atoms with Crippen LogP contribution < -0.4 is 21.1 Å². The number of rotatable bonds is 6. The second-order valence-corrected chi connectivity index (χ2v) is 6.63. The molecule has 2 amide bonds. The van der Waals surface area contributed by atoms with E-state index in [1.165, 1.54) is 6.07 Å². The molecule has 1 fully saturated rings.